The number of benzene rings is 2. The fraction of sp³-hybridized carbons (Fsp3) is 0.467. The van der Waals surface area contributed by atoms with Crippen molar-refractivity contribution in [2.45, 2.75) is 76.6 Å². The first-order valence-electron chi connectivity index (χ1n) is 13.6. The van der Waals surface area contributed by atoms with Crippen LogP contribution in [0, 0.1) is 6.92 Å². The van der Waals surface area contributed by atoms with Gasteiger partial charge in [-0.1, -0.05) is 60.3 Å². The standard InChI is InChI=1S/C16H19NO2S.C14H14ClNO2/c1-2-5-11(6-3-1)15-17-13-8-4-7-12(14(13)20-15)16-18-9-10-19-16;1-8-3-2-4-11(15)12(8)13-10(7-17)14(18-16-13)9-5-6-9/h4,7-8,11,16H,1-3,5-6,9-10H2;2-4,9,17H,5-7H2,1H3. The lowest BCUT2D eigenvalue weighted by Crippen LogP contribution is -2.03. The van der Waals surface area contributed by atoms with E-state index in [9.17, 15) is 5.11 Å². The summed E-state index contributed by atoms with van der Waals surface area (Å²) in [5, 5.41) is 15.6. The Morgan fingerprint density at radius 1 is 0.974 bits per heavy atom. The van der Waals surface area contributed by atoms with Crippen LogP contribution in [-0.2, 0) is 16.1 Å². The van der Waals surface area contributed by atoms with E-state index in [1.165, 1.54) is 41.8 Å². The molecular formula is C30H33ClN2O4S. The van der Waals surface area contributed by atoms with E-state index < -0.39 is 0 Å². The van der Waals surface area contributed by atoms with Crippen LogP contribution in [0.25, 0.3) is 21.5 Å². The normalized spacial score (nSPS) is 18.6. The average Bonchev–Trinajstić information content (AvgIpc) is 3.32. The van der Waals surface area contributed by atoms with Crippen LogP contribution in [0.1, 0.15) is 90.5 Å². The zero-order valence-corrected chi connectivity index (χ0v) is 23.2. The van der Waals surface area contributed by atoms with Crippen molar-refractivity contribution in [3.63, 3.8) is 0 Å². The smallest absolute Gasteiger partial charge is 0.185 e. The van der Waals surface area contributed by atoms with Gasteiger partial charge in [0.25, 0.3) is 0 Å². The highest BCUT2D eigenvalue weighted by Crippen LogP contribution is 2.45. The molecule has 38 heavy (non-hydrogen) atoms. The molecule has 0 spiro atoms. The molecular weight excluding hydrogens is 520 g/mol. The van der Waals surface area contributed by atoms with E-state index in [1.54, 1.807) is 0 Å². The second-order valence-corrected chi connectivity index (χ2v) is 11.8. The largest absolute Gasteiger partial charge is 0.391 e. The van der Waals surface area contributed by atoms with Gasteiger partial charge in [-0.2, -0.15) is 0 Å². The summed E-state index contributed by atoms with van der Waals surface area (Å²) in [5.74, 6) is 1.92. The zero-order chi connectivity index (χ0) is 26.1. The molecule has 0 atom stereocenters. The molecule has 0 bridgehead atoms. The highest BCUT2D eigenvalue weighted by molar-refractivity contribution is 7.18. The maximum absolute atomic E-state index is 9.56. The van der Waals surface area contributed by atoms with Crippen molar-refractivity contribution < 1.29 is 19.1 Å². The third-order valence-electron chi connectivity index (χ3n) is 7.68. The van der Waals surface area contributed by atoms with Crippen LogP contribution in [0.5, 0.6) is 0 Å². The van der Waals surface area contributed by atoms with Gasteiger partial charge in [0.2, 0.25) is 0 Å². The molecule has 0 amide bonds. The summed E-state index contributed by atoms with van der Waals surface area (Å²) in [6.45, 7) is 3.30. The fourth-order valence-corrected chi connectivity index (χ4v) is 7.07. The number of rotatable bonds is 5. The van der Waals surface area contributed by atoms with Crippen LogP contribution in [0.3, 0.4) is 0 Å². The Hall–Kier alpha value is -2.29. The molecule has 6 nitrogen and oxygen atoms in total. The third-order valence-corrected chi connectivity index (χ3v) is 9.27. The van der Waals surface area contributed by atoms with E-state index >= 15 is 0 Å². The summed E-state index contributed by atoms with van der Waals surface area (Å²) < 4.78 is 18.0. The van der Waals surface area contributed by atoms with Gasteiger partial charge < -0.3 is 19.1 Å². The first-order valence-corrected chi connectivity index (χ1v) is 14.8. The molecule has 3 fully saturated rings. The molecule has 1 saturated heterocycles. The van der Waals surface area contributed by atoms with Crippen molar-refractivity contribution >= 4 is 33.2 Å². The summed E-state index contributed by atoms with van der Waals surface area (Å²) in [6.07, 6.45) is 8.71. The first-order chi connectivity index (χ1) is 18.6. The van der Waals surface area contributed by atoms with Crippen LogP contribution in [0.2, 0.25) is 5.02 Å². The molecule has 2 aromatic carbocycles. The van der Waals surface area contributed by atoms with E-state index in [1.807, 2.05) is 36.5 Å². The highest BCUT2D eigenvalue weighted by Gasteiger charge is 2.33. The van der Waals surface area contributed by atoms with E-state index in [-0.39, 0.29) is 12.9 Å². The molecule has 2 aromatic heterocycles. The number of aliphatic hydroxyl groups is 1. The van der Waals surface area contributed by atoms with Crippen molar-refractivity contribution in [2.75, 3.05) is 13.2 Å². The monoisotopic (exact) mass is 552 g/mol. The van der Waals surface area contributed by atoms with Crippen LogP contribution in [0.15, 0.2) is 40.9 Å². The quantitative estimate of drug-likeness (QED) is 0.270. The molecule has 2 saturated carbocycles. The lowest BCUT2D eigenvalue weighted by molar-refractivity contribution is -0.0428. The number of halogens is 1. The summed E-state index contributed by atoms with van der Waals surface area (Å²) in [4.78, 5) is 4.88. The number of fused-ring (bicyclic) bond motifs is 1. The second kappa shape index (κ2) is 11.4. The van der Waals surface area contributed by atoms with Crippen LogP contribution in [0.4, 0.5) is 0 Å². The Morgan fingerprint density at radius 3 is 2.45 bits per heavy atom. The van der Waals surface area contributed by atoms with E-state index in [0.717, 1.165) is 46.4 Å². The minimum Gasteiger partial charge on any atom is -0.391 e. The molecule has 0 radical (unpaired) electrons. The van der Waals surface area contributed by atoms with Crippen molar-refractivity contribution in [3.8, 4) is 11.3 Å². The molecule has 200 valence electrons. The molecule has 3 heterocycles. The number of aromatic nitrogens is 2. The number of hydrogen-bond donors (Lipinski definition) is 1. The van der Waals surface area contributed by atoms with Crippen LogP contribution in [-0.4, -0.2) is 28.5 Å². The first kappa shape index (κ1) is 26.0. The Balaban J connectivity index is 0.000000140. The molecule has 4 aromatic rings. The Kier molecular flexibility index (Phi) is 7.82. The minimum absolute atomic E-state index is 0.0602. The minimum atomic E-state index is -0.196. The van der Waals surface area contributed by atoms with Gasteiger partial charge in [0.05, 0.1) is 40.1 Å². The average molecular weight is 553 g/mol. The third kappa shape index (κ3) is 5.27. The number of nitrogens with zero attached hydrogens (tertiary/aromatic N) is 2. The van der Waals surface area contributed by atoms with E-state index in [0.29, 0.717) is 35.8 Å². The molecule has 2 aliphatic carbocycles. The predicted octanol–water partition coefficient (Wildman–Crippen LogP) is 8.06. The van der Waals surface area contributed by atoms with Crippen molar-refractivity contribution in [2.24, 2.45) is 0 Å². The number of hydrogen-bond acceptors (Lipinski definition) is 7. The number of ether oxygens (including phenoxy) is 2. The Bertz CT molecular complexity index is 1380. The summed E-state index contributed by atoms with van der Waals surface area (Å²) in [7, 11) is 0. The fourth-order valence-electron chi connectivity index (χ4n) is 5.50. The van der Waals surface area contributed by atoms with Crippen molar-refractivity contribution in [1.29, 1.82) is 0 Å². The lowest BCUT2D eigenvalue weighted by atomic mass is 9.90. The van der Waals surface area contributed by atoms with Gasteiger partial charge in [0.1, 0.15) is 11.5 Å². The summed E-state index contributed by atoms with van der Waals surface area (Å²) >= 11 is 8.08. The second-order valence-electron chi connectivity index (χ2n) is 10.4. The number of aryl methyl sites for hydroxylation is 1. The zero-order valence-electron chi connectivity index (χ0n) is 21.6. The van der Waals surface area contributed by atoms with Gasteiger partial charge in [0, 0.05) is 28.5 Å². The maximum atomic E-state index is 9.56. The molecule has 1 N–H and O–H groups in total. The topological polar surface area (TPSA) is 77.6 Å². The van der Waals surface area contributed by atoms with Gasteiger partial charge >= 0.3 is 0 Å². The van der Waals surface area contributed by atoms with Gasteiger partial charge in [0.15, 0.2) is 6.29 Å². The lowest BCUT2D eigenvalue weighted by Gasteiger charge is -2.18. The van der Waals surface area contributed by atoms with Crippen LogP contribution < -0.4 is 0 Å². The summed E-state index contributed by atoms with van der Waals surface area (Å²) in [6, 6.07) is 12.0. The Labute approximate surface area is 231 Å². The predicted molar refractivity (Wildman–Crippen MR) is 150 cm³/mol. The molecule has 7 rings (SSSR count). The molecule has 8 heteroatoms. The maximum Gasteiger partial charge on any atom is 0.185 e. The number of aliphatic hydroxyl groups excluding tert-OH is 1. The Morgan fingerprint density at radius 2 is 1.74 bits per heavy atom. The molecule has 1 aliphatic heterocycles. The highest BCUT2D eigenvalue weighted by atomic mass is 35.5. The summed E-state index contributed by atoms with van der Waals surface area (Å²) in [5.41, 5.74) is 5.62. The number of thiazole rings is 1. The van der Waals surface area contributed by atoms with Crippen molar-refractivity contribution in [3.05, 3.63) is 68.9 Å². The SMILES string of the molecule is Cc1cccc(Cl)c1-c1noc(C2CC2)c1CO.c1cc(C2OCCO2)c2sc(C3CCCCC3)nc2c1. The van der Waals surface area contributed by atoms with Gasteiger partial charge in [-0.05, 0) is 50.3 Å². The van der Waals surface area contributed by atoms with Crippen molar-refractivity contribution in [1.82, 2.24) is 10.1 Å². The van der Waals surface area contributed by atoms with E-state index in [4.69, 9.17) is 30.6 Å². The van der Waals surface area contributed by atoms with Gasteiger partial charge in [-0.15, -0.1) is 11.3 Å². The molecule has 0 unspecified atom stereocenters. The van der Waals surface area contributed by atoms with Gasteiger partial charge in [-0.25, -0.2) is 4.98 Å². The van der Waals surface area contributed by atoms with Gasteiger partial charge in [-0.3, -0.25) is 0 Å². The van der Waals surface area contributed by atoms with E-state index in [2.05, 4.69) is 23.4 Å². The molecule has 3 aliphatic rings. The van der Waals surface area contributed by atoms with Crippen LogP contribution >= 0.6 is 22.9 Å².